The van der Waals surface area contributed by atoms with Gasteiger partial charge in [-0.05, 0) is 31.1 Å². The molecular weight excluding hydrogens is 310 g/mol. The molecular formula is C17H21N3O2S. The lowest BCUT2D eigenvalue weighted by atomic mass is 10.1. The second-order valence-corrected chi connectivity index (χ2v) is 6.73. The van der Waals surface area contributed by atoms with Crippen LogP contribution < -0.4 is 10.1 Å². The summed E-state index contributed by atoms with van der Waals surface area (Å²) in [4.78, 5) is 12.0. The van der Waals surface area contributed by atoms with Crippen molar-refractivity contribution in [2.75, 3.05) is 12.4 Å². The monoisotopic (exact) mass is 331 g/mol. The predicted octanol–water partition coefficient (Wildman–Crippen LogP) is 3.71. The molecule has 0 fully saturated rings. The van der Waals surface area contributed by atoms with Gasteiger partial charge in [0.1, 0.15) is 10.8 Å². The molecule has 2 aromatic rings. The molecule has 0 aliphatic heterocycles. The first-order valence-corrected chi connectivity index (χ1v) is 8.25. The Labute approximate surface area is 140 Å². The Hall–Kier alpha value is -2.21. The van der Waals surface area contributed by atoms with Crippen LogP contribution in [-0.4, -0.2) is 23.2 Å². The van der Waals surface area contributed by atoms with Crippen molar-refractivity contribution in [3.05, 3.63) is 40.4 Å². The molecule has 0 aliphatic rings. The largest absolute Gasteiger partial charge is 0.496 e. The van der Waals surface area contributed by atoms with Gasteiger partial charge in [-0.2, -0.15) is 0 Å². The molecule has 1 aromatic carbocycles. The highest BCUT2D eigenvalue weighted by Gasteiger charge is 2.08. The molecule has 1 aromatic heterocycles. The molecule has 0 saturated carbocycles. The van der Waals surface area contributed by atoms with E-state index >= 15 is 0 Å². The number of amides is 1. The van der Waals surface area contributed by atoms with Crippen LogP contribution in [0.4, 0.5) is 5.13 Å². The molecule has 1 heterocycles. The van der Waals surface area contributed by atoms with Crippen molar-refractivity contribution < 1.29 is 9.53 Å². The maximum absolute atomic E-state index is 12.0. The normalized spacial score (nSPS) is 11.2. The maximum Gasteiger partial charge on any atom is 0.250 e. The minimum Gasteiger partial charge on any atom is -0.496 e. The van der Waals surface area contributed by atoms with Gasteiger partial charge in [0, 0.05) is 18.1 Å². The second-order valence-electron chi connectivity index (χ2n) is 5.67. The van der Waals surface area contributed by atoms with Crippen molar-refractivity contribution >= 4 is 28.5 Å². The molecule has 2 rings (SSSR count). The summed E-state index contributed by atoms with van der Waals surface area (Å²) in [5, 5.41) is 12.3. The molecule has 122 valence electrons. The Bertz CT molecular complexity index is 708. The topological polar surface area (TPSA) is 64.1 Å². The number of rotatable bonds is 6. The maximum atomic E-state index is 12.0. The zero-order valence-electron chi connectivity index (χ0n) is 13.8. The first-order valence-electron chi connectivity index (χ1n) is 7.44. The van der Waals surface area contributed by atoms with Crippen LogP contribution in [0.2, 0.25) is 0 Å². The number of anilines is 1. The number of hydrogen-bond acceptors (Lipinski definition) is 5. The Balaban J connectivity index is 2.02. The number of aromatic nitrogens is 2. The summed E-state index contributed by atoms with van der Waals surface area (Å²) in [6.45, 7) is 6.24. The zero-order chi connectivity index (χ0) is 16.8. The van der Waals surface area contributed by atoms with Crippen LogP contribution in [0.25, 0.3) is 6.08 Å². The van der Waals surface area contributed by atoms with Crippen molar-refractivity contribution in [1.29, 1.82) is 0 Å². The SMILES string of the molecule is COc1ccc(C)cc1/C=C/C(=O)Nc1nnc(CC(C)C)s1. The smallest absolute Gasteiger partial charge is 0.250 e. The van der Waals surface area contributed by atoms with Gasteiger partial charge in [0.25, 0.3) is 0 Å². The number of nitrogens with one attached hydrogen (secondary N) is 1. The lowest BCUT2D eigenvalue weighted by Crippen LogP contribution is -2.07. The predicted molar refractivity (Wildman–Crippen MR) is 93.8 cm³/mol. The fourth-order valence-corrected chi connectivity index (χ4v) is 2.99. The van der Waals surface area contributed by atoms with E-state index in [1.807, 2.05) is 25.1 Å². The number of ether oxygens (including phenoxy) is 1. The number of methoxy groups -OCH3 is 1. The molecule has 0 bridgehead atoms. The fourth-order valence-electron chi connectivity index (χ4n) is 2.03. The minimum absolute atomic E-state index is 0.235. The molecule has 6 heteroatoms. The lowest BCUT2D eigenvalue weighted by Gasteiger charge is -2.05. The van der Waals surface area contributed by atoms with Gasteiger partial charge in [-0.3, -0.25) is 10.1 Å². The fraction of sp³-hybridized carbons (Fsp3) is 0.353. The quantitative estimate of drug-likeness (QED) is 0.820. The van der Waals surface area contributed by atoms with Gasteiger partial charge in [0.15, 0.2) is 0 Å². The van der Waals surface area contributed by atoms with E-state index in [2.05, 4.69) is 29.4 Å². The third kappa shape index (κ3) is 5.17. The van der Waals surface area contributed by atoms with Crippen LogP contribution >= 0.6 is 11.3 Å². The van der Waals surface area contributed by atoms with Gasteiger partial charge < -0.3 is 4.74 Å². The lowest BCUT2D eigenvalue weighted by molar-refractivity contribution is -0.111. The molecule has 23 heavy (non-hydrogen) atoms. The van der Waals surface area contributed by atoms with E-state index in [1.165, 1.54) is 17.4 Å². The van der Waals surface area contributed by atoms with Crippen molar-refractivity contribution in [2.24, 2.45) is 5.92 Å². The highest BCUT2D eigenvalue weighted by atomic mass is 32.1. The highest BCUT2D eigenvalue weighted by molar-refractivity contribution is 7.15. The summed E-state index contributed by atoms with van der Waals surface area (Å²) >= 11 is 1.41. The Morgan fingerprint density at radius 3 is 2.87 bits per heavy atom. The third-order valence-electron chi connectivity index (χ3n) is 3.08. The van der Waals surface area contributed by atoms with Crippen molar-refractivity contribution in [3.63, 3.8) is 0 Å². The van der Waals surface area contributed by atoms with Gasteiger partial charge in [-0.1, -0.05) is 36.8 Å². The van der Waals surface area contributed by atoms with Gasteiger partial charge in [-0.25, -0.2) is 0 Å². The Morgan fingerprint density at radius 2 is 2.17 bits per heavy atom. The molecule has 0 aliphatic carbocycles. The third-order valence-corrected chi connectivity index (χ3v) is 3.94. The number of benzene rings is 1. The second kappa shape index (κ2) is 7.87. The summed E-state index contributed by atoms with van der Waals surface area (Å²) in [5.41, 5.74) is 1.97. The van der Waals surface area contributed by atoms with Crippen molar-refractivity contribution in [2.45, 2.75) is 27.2 Å². The summed E-state index contributed by atoms with van der Waals surface area (Å²) in [6, 6.07) is 5.82. The molecule has 1 N–H and O–H groups in total. The van der Waals surface area contributed by atoms with Gasteiger partial charge >= 0.3 is 0 Å². The molecule has 1 amide bonds. The molecule has 0 spiro atoms. The van der Waals surface area contributed by atoms with E-state index in [9.17, 15) is 4.79 Å². The zero-order valence-corrected chi connectivity index (χ0v) is 14.6. The summed E-state index contributed by atoms with van der Waals surface area (Å²) in [6.07, 6.45) is 4.07. The van der Waals surface area contributed by atoms with Crippen LogP contribution in [0, 0.1) is 12.8 Å². The summed E-state index contributed by atoms with van der Waals surface area (Å²) < 4.78 is 5.29. The van der Waals surface area contributed by atoms with Crippen LogP contribution in [0.5, 0.6) is 5.75 Å². The van der Waals surface area contributed by atoms with Crippen molar-refractivity contribution in [1.82, 2.24) is 10.2 Å². The number of hydrogen-bond donors (Lipinski definition) is 1. The Morgan fingerprint density at radius 1 is 1.39 bits per heavy atom. The van der Waals surface area contributed by atoms with Gasteiger partial charge in [0.05, 0.1) is 7.11 Å². The first kappa shape index (κ1) is 17.1. The van der Waals surface area contributed by atoms with E-state index < -0.39 is 0 Å². The van der Waals surface area contributed by atoms with E-state index in [4.69, 9.17) is 4.74 Å². The molecule has 0 unspecified atom stereocenters. The number of carbonyl (C=O) groups excluding carboxylic acids is 1. The molecule has 5 nitrogen and oxygen atoms in total. The molecule has 0 saturated heterocycles. The number of carbonyl (C=O) groups is 1. The Kier molecular flexibility index (Phi) is 5.87. The van der Waals surface area contributed by atoms with Crippen molar-refractivity contribution in [3.8, 4) is 5.75 Å². The van der Waals surface area contributed by atoms with Gasteiger partial charge in [0.2, 0.25) is 11.0 Å². The van der Waals surface area contributed by atoms with E-state index in [0.29, 0.717) is 11.0 Å². The number of nitrogens with zero attached hydrogens (tertiary/aromatic N) is 2. The van der Waals surface area contributed by atoms with E-state index in [1.54, 1.807) is 13.2 Å². The standard InChI is InChI=1S/C17H21N3O2S/c1-11(2)9-16-19-20-17(23-16)18-15(21)8-6-13-10-12(3)5-7-14(13)22-4/h5-8,10-11H,9H2,1-4H3,(H,18,20,21)/b8-6+. The summed E-state index contributed by atoms with van der Waals surface area (Å²) in [7, 11) is 1.61. The van der Waals surface area contributed by atoms with Crippen LogP contribution in [0.3, 0.4) is 0 Å². The van der Waals surface area contributed by atoms with Crippen LogP contribution in [0.1, 0.15) is 30.0 Å². The van der Waals surface area contributed by atoms with E-state index in [-0.39, 0.29) is 5.91 Å². The van der Waals surface area contributed by atoms with Crippen LogP contribution in [0.15, 0.2) is 24.3 Å². The average molecular weight is 331 g/mol. The minimum atomic E-state index is -0.235. The van der Waals surface area contributed by atoms with Crippen LogP contribution in [-0.2, 0) is 11.2 Å². The highest BCUT2D eigenvalue weighted by Crippen LogP contribution is 2.21. The number of aryl methyl sites for hydroxylation is 1. The first-order chi connectivity index (χ1) is 11.0. The van der Waals surface area contributed by atoms with E-state index in [0.717, 1.165) is 28.3 Å². The molecule has 0 atom stereocenters. The average Bonchev–Trinajstić information content (AvgIpc) is 2.91. The molecule has 0 radical (unpaired) electrons. The van der Waals surface area contributed by atoms with Gasteiger partial charge in [-0.15, -0.1) is 10.2 Å². The summed E-state index contributed by atoms with van der Waals surface area (Å²) in [5.74, 6) is 1.01.